The van der Waals surface area contributed by atoms with Gasteiger partial charge in [-0.05, 0) is 12.1 Å². The van der Waals surface area contributed by atoms with Crippen molar-refractivity contribution in [3.8, 4) is 5.69 Å². The zero-order valence-corrected chi connectivity index (χ0v) is 6.11. The molecule has 1 radical (unpaired) electrons. The van der Waals surface area contributed by atoms with Crippen LogP contribution in [0.2, 0.25) is 0 Å². The van der Waals surface area contributed by atoms with E-state index in [0.717, 1.165) is 0 Å². The Labute approximate surface area is 68.4 Å². The topological polar surface area (TPSA) is 30.7 Å². The highest BCUT2D eigenvalue weighted by atomic mass is 19.1. The summed E-state index contributed by atoms with van der Waals surface area (Å²) in [6.07, 6.45) is 3.05. The van der Waals surface area contributed by atoms with E-state index in [1.54, 1.807) is 0 Å². The minimum absolute atomic E-state index is 0.318. The molecule has 0 fully saturated rings. The number of hydrogen-bond donors (Lipinski definition) is 0. The standard InChI is InChI=1S/C8H5FN3/c9-7-2-1-3-8(6-7)12-10-4-5-11-12/h1-2,4-6H. The second kappa shape index (κ2) is 2.73. The Kier molecular flexibility index (Phi) is 1.59. The number of aromatic nitrogens is 3. The molecule has 0 N–H and O–H groups in total. The van der Waals surface area contributed by atoms with Gasteiger partial charge < -0.3 is 0 Å². The van der Waals surface area contributed by atoms with Crippen LogP contribution in [0.5, 0.6) is 0 Å². The lowest BCUT2D eigenvalue weighted by atomic mass is 10.3. The minimum Gasteiger partial charge on any atom is -0.207 e. The van der Waals surface area contributed by atoms with Crippen LogP contribution in [0.25, 0.3) is 5.69 Å². The average molecular weight is 162 g/mol. The first-order valence-electron chi connectivity index (χ1n) is 3.40. The van der Waals surface area contributed by atoms with Crippen LogP contribution in [0.4, 0.5) is 4.39 Å². The number of benzene rings is 1. The van der Waals surface area contributed by atoms with Gasteiger partial charge in [0.05, 0.1) is 18.1 Å². The molecule has 0 amide bonds. The van der Waals surface area contributed by atoms with Crippen molar-refractivity contribution in [2.75, 3.05) is 0 Å². The zero-order valence-electron chi connectivity index (χ0n) is 6.11. The molecule has 0 aliphatic heterocycles. The van der Waals surface area contributed by atoms with Crippen LogP contribution in [0.1, 0.15) is 0 Å². The van der Waals surface area contributed by atoms with E-state index < -0.39 is 0 Å². The van der Waals surface area contributed by atoms with Gasteiger partial charge in [0, 0.05) is 12.1 Å². The highest BCUT2D eigenvalue weighted by molar-refractivity contribution is 5.27. The van der Waals surface area contributed by atoms with E-state index >= 15 is 0 Å². The van der Waals surface area contributed by atoms with Gasteiger partial charge in [-0.3, -0.25) is 0 Å². The van der Waals surface area contributed by atoms with E-state index in [1.165, 1.54) is 35.4 Å². The van der Waals surface area contributed by atoms with Crippen molar-refractivity contribution in [1.29, 1.82) is 0 Å². The number of hydrogen-bond acceptors (Lipinski definition) is 2. The third-order valence-corrected chi connectivity index (χ3v) is 1.38. The summed E-state index contributed by atoms with van der Waals surface area (Å²) in [5, 5.41) is 7.67. The van der Waals surface area contributed by atoms with E-state index in [9.17, 15) is 4.39 Å². The molecule has 0 saturated carbocycles. The molecule has 59 valence electrons. The van der Waals surface area contributed by atoms with Gasteiger partial charge in [0.15, 0.2) is 0 Å². The maximum Gasteiger partial charge on any atom is 0.125 e. The summed E-state index contributed by atoms with van der Waals surface area (Å²) >= 11 is 0. The Morgan fingerprint density at radius 1 is 1.33 bits per heavy atom. The lowest BCUT2D eigenvalue weighted by Crippen LogP contribution is -1.98. The van der Waals surface area contributed by atoms with E-state index in [1.807, 2.05) is 0 Å². The van der Waals surface area contributed by atoms with Gasteiger partial charge in [-0.25, -0.2) is 4.39 Å². The summed E-state index contributed by atoms with van der Waals surface area (Å²) in [4.78, 5) is 1.31. The van der Waals surface area contributed by atoms with Crippen LogP contribution < -0.4 is 0 Å². The van der Waals surface area contributed by atoms with Crippen LogP contribution in [-0.4, -0.2) is 15.0 Å². The van der Waals surface area contributed by atoms with Crippen LogP contribution in [0.15, 0.2) is 30.6 Å². The van der Waals surface area contributed by atoms with E-state index in [2.05, 4.69) is 16.3 Å². The smallest absolute Gasteiger partial charge is 0.125 e. The Morgan fingerprint density at radius 3 is 2.75 bits per heavy atom. The molecule has 0 atom stereocenters. The molecule has 1 aromatic carbocycles. The molecule has 1 heterocycles. The SMILES string of the molecule is Fc1cc[c]c(-n2nccn2)c1. The first-order chi connectivity index (χ1) is 5.86. The molecular formula is C8H5FN3. The molecule has 3 nitrogen and oxygen atoms in total. The first kappa shape index (κ1) is 6.97. The van der Waals surface area contributed by atoms with Gasteiger partial charge in [0.1, 0.15) is 5.82 Å². The summed E-state index contributed by atoms with van der Waals surface area (Å²) in [6, 6.07) is 6.95. The van der Waals surface area contributed by atoms with Crippen molar-refractivity contribution in [1.82, 2.24) is 15.0 Å². The summed E-state index contributed by atoms with van der Waals surface area (Å²) in [7, 11) is 0. The fourth-order valence-corrected chi connectivity index (χ4v) is 0.883. The molecule has 12 heavy (non-hydrogen) atoms. The molecule has 0 aliphatic carbocycles. The Bertz CT molecular complexity index is 370. The van der Waals surface area contributed by atoms with E-state index in [-0.39, 0.29) is 5.82 Å². The summed E-state index contributed by atoms with van der Waals surface area (Å²) in [5.41, 5.74) is 0.500. The molecule has 2 aromatic rings. The predicted molar refractivity (Wildman–Crippen MR) is 40.2 cm³/mol. The Hall–Kier alpha value is -1.71. The van der Waals surface area contributed by atoms with Crippen molar-refractivity contribution in [2.24, 2.45) is 0 Å². The average Bonchev–Trinajstić information content (AvgIpc) is 2.56. The summed E-state index contributed by atoms with van der Waals surface area (Å²) < 4.78 is 12.7. The normalized spacial score (nSPS) is 10.1. The van der Waals surface area contributed by atoms with Crippen LogP contribution in [-0.2, 0) is 0 Å². The van der Waals surface area contributed by atoms with Crippen molar-refractivity contribution in [3.05, 3.63) is 42.5 Å². The number of rotatable bonds is 1. The molecule has 4 heteroatoms. The lowest BCUT2D eigenvalue weighted by Gasteiger charge is -1.96. The van der Waals surface area contributed by atoms with E-state index in [0.29, 0.717) is 5.69 Å². The van der Waals surface area contributed by atoms with Gasteiger partial charge in [-0.2, -0.15) is 15.0 Å². The largest absolute Gasteiger partial charge is 0.207 e. The fourth-order valence-electron chi connectivity index (χ4n) is 0.883. The lowest BCUT2D eigenvalue weighted by molar-refractivity contribution is 0.622. The molecule has 1 aromatic heterocycles. The third-order valence-electron chi connectivity index (χ3n) is 1.38. The van der Waals surface area contributed by atoms with Crippen molar-refractivity contribution < 1.29 is 4.39 Å². The quantitative estimate of drug-likeness (QED) is 0.630. The monoisotopic (exact) mass is 162 g/mol. The Morgan fingerprint density at radius 2 is 2.08 bits per heavy atom. The van der Waals surface area contributed by atoms with Gasteiger partial charge in [-0.1, -0.05) is 0 Å². The maximum atomic E-state index is 12.7. The van der Waals surface area contributed by atoms with Crippen LogP contribution >= 0.6 is 0 Å². The van der Waals surface area contributed by atoms with Crippen molar-refractivity contribution in [3.63, 3.8) is 0 Å². The van der Waals surface area contributed by atoms with Gasteiger partial charge in [-0.15, -0.1) is 0 Å². The molecule has 0 aliphatic rings. The number of halogens is 1. The van der Waals surface area contributed by atoms with Crippen molar-refractivity contribution >= 4 is 0 Å². The van der Waals surface area contributed by atoms with Gasteiger partial charge >= 0.3 is 0 Å². The second-order valence-electron chi connectivity index (χ2n) is 2.21. The minimum atomic E-state index is -0.318. The molecule has 0 bridgehead atoms. The van der Waals surface area contributed by atoms with Crippen LogP contribution in [0.3, 0.4) is 0 Å². The fraction of sp³-hybridized carbons (Fsp3) is 0. The highest BCUT2D eigenvalue weighted by Crippen LogP contribution is 2.04. The molecule has 0 spiro atoms. The zero-order chi connectivity index (χ0) is 8.39. The first-order valence-corrected chi connectivity index (χ1v) is 3.40. The van der Waals surface area contributed by atoms with Crippen LogP contribution in [0, 0.1) is 11.9 Å². The molecule has 0 saturated heterocycles. The molecular weight excluding hydrogens is 157 g/mol. The summed E-state index contributed by atoms with van der Waals surface area (Å²) in [5.74, 6) is -0.318. The third kappa shape index (κ3) is 1.18. The van der Waals surface area contributed by atoms with Gasteiger partial charge in [0.25, 0.3) is 0 Å². The second-order valence-corrected chi connectivity index (χ2v) is 2.21. The Balaban J connectivity index is 2.48. The van der Waals surface area contributed by atoms with Gasteiger partial charge in [0.2, 0.25) is 0 Å². The molecule has 2 rings (SSSR count). The van der Waals surface area contributed by atoms with E-state index in [4.69, 9.17) is 0 Å². The summed E-state index contributed by atoms with van der Waals surface area (Å²) in [6.45, 7) is 0. The number of nitrogens with zero attached hydrogens (tertiary/aromatic N) is 3. The van der Waals surface area contributed by atoms with Crippen molar-refractivity contribution in [2.45, 2.75) is 0 Å². The maximum absolute atomic E-state index is 12.7. The highest BCUT2D eigenvalue weighted by Gasteiger charge is 1.97. The predicted octanol–water partition coefficient (Wildman–Crippen LogP) is 1.21. The molecule has 0 unspecified atom stereocenters.